The number of benzene rings is 1. The highest BCUT2D eigenvalue weighted by atomic mass is 32.1. The maximum atomic E-state index is 10.8. The highest BCUT2D eigenvalue weighted by Gasteiger charge is 2.08. The second-order valence-electron chi connectivity index (χ2n) is 3.04. The molecule has 0 amide bonds. The van der Waals surface area contributed by atoms with E-state index in [2.05, 4.69) is 12.6 Å². The Hall–Kier alpha value is -1.29. The van der Waals surface area contributed by atoms with E-state index in [-0.39, 0.29) is 11.3 Å². The molecule has 1 aromatic carbocycles. The fourth-order valence-corrected chi connectivity index (χ4v) is 1.49. The predicted octanol–water partition coefficient (Wildman–Crippen LogP) is 1.81. The van der Waals surface area contributed by atoms with Crippen molar-refractivity contribution in [1.82, 2.24) is 0 Å². The van der Waals surface area contributed by atoms with Gasteiger partial charge in [-0.2, -0.15) is 0 Å². The molecule has 1 rings (SSSR count). The van der Waals surface area contributed by atoms with Crippen LogP contribution in [0.3, 0.4) is 0 Å². The number of carboxylic acids is 1. The predicted molar refractivity (Wildman–Crippen MR) is 55.0 cm³/mol. The zero-order valence-electron chi connectivity index (χ0n) is 7.65. The average Bonchev–Trinajstić information content (AvgIpc) is 2.01. The summed E-state index contributed by atoms with van der Waals surface area (Å²) in [5.74, 6) is -0.967. The van der Waals surface area contributed by atoms with Crippen LogP contribution in [0.1, 0.15) is 22.8 Å². The van der Waals surface area contributed by atoms with Gasteiger partial charge in [-0.3, -0.25) is 4.79 Å². The Morgan fingerprint density at radius 1 is 1.43 bits per heavy atom. The first-order chi connectivity index (χ1) is 6.50. The standard InChI is InChI=1S/C10H10O3S/c1-6(11)4-7-2-3-8(10(12)13)9(14)5-7/h2-3,5,14H,4H2,1H3,(H,12,13). The first-order valence-electron chi connectivity index (χ1n) is 4.05. The molecule has 0 bridgehead atoms. The third-order valence-corrected chi connectivity index (χ3v) is 2.12. The zero-order chi connectivity index (χ0) is 10.7. The van der Waals surface area contributed by atoms with Gasteiger partial charge in [-0.1, -0.05) is 6.07 Å². The number of rotatable bonds is 3. The molecular formula is C10H10O3S. The first-order valence-corrected chi connectivity index (χ1v) is 4.50. The maximum Gasteiger partial charge on any atom is 0.336 e. The van der Waals surface area contributed by atoms with Crippen molar-refractivity contribution in [3.8, 4) is 0 Å². The number of hydrogen-bond acceptors (Lipinski definition) is 3. The van der Waals surface area contributed by atoms with E-state index in [1.54, 1.807) is 12.1 Å². The fourth-order valence-electron chi connectivity index (χ4n) is 1.16. The minimum absolute atomic E-state index is 0.0424. The summed E-state index contributed by atoms with van der Waals surface area (Å²) in [7, 11) is 0. The first kappa shape index (κ1) is 10.8. The van der Waals surface area contributed by atoms with Crippen LogP contribution in [-0.4, -0.2) is 16.9 Å². The van der Waals surface area contributed by atoms with Crippen LogP contribution in [0.2, 0.25) is 0 Å². The number of carboxylic acid groups (broad SMARTS) is 1. The molecule has 0 saturated heterocycles. The molecule has 74 valence electrons. The lowest BCUT2D eigenvalue weighted by atomic mass is 10.1. The largest absolute Gasteiger partial charge is 0.478 e. The van der Waals surface area contributed by atoms with Crippen LogP contribution < -0.4 is 0 Å². The summed E-state index contributed by atoms with van der Waals surface area (Å²) in [6.45, 7) is 1.49. The topological polar surface area (TPSA) is 54.4 Å². The molecule has 0 aliphatic heterocycles. The van der Waals surface area contributed by atoms with E-state index in [1.165, 1.54) is 13.0 Å². The number of hydrogen-bond donors (Lipinski definition) is 2. The van der Waals surface area contributed by atoms with Gasteiger partial charge in [0.05, 0.1) is 5.56 Å². The number of thiol groups is 1. The molecule has 0 aliphatic rings. The van der Waals surface area contributed by atoms with Crippen LogP contribution in [0.15, 0.2) is 23.1 Å². The highest BCUT2D eigenvalue weighted by Crippen LogP contribution is 2.16. The van der Waals surface area contributed by atoms with Crippen LogP contribution in [0, 0.1) is 0 Å². The summed E-state index contributed by atoms with van der Waals surface area (Å²) in [5, 5.41) is 8.72. The van der Waals surface area contributed by atoms with E-state index in [1.807, 2.05) is 0 Å². The minimum atomic E-state index is -1.01. The zero-order valence-corrected chi connectivity index (χ0v) is 8.54. The molecule has 0 atom stereocenters. The Bertz CT molecular complexity index is 385. The van der Waals surface area contributed by atoms with Crippen molar-refractivity contribution < 1.29 is 14.7 Å². The van der Waals surface area contributed by atoms with Gasteiger partial charge in [0, 0.05) is 11.3 Å². The summed E-state index contributed by atoms with van der Waals surface area (Å²) < 4.78 is 0. The second-order valence-corrected chi connectivity index (χ2v) is 3.52. The SMILES string of the molecule is CC(=O)Cc1ccc(C(=O)O)c(S)c1. The van der Waals surface area contributed by atoms with Gasteiger partial charge in [0.25, 0.3) is 0 Å². The lowest BCUT2D eigenvalue weighted by molar-refractivity contribution is -0.116. The molecule has 0 aliphatic carbocycles. The molecule has 0 spiro atoms. The molecule has 3 nitrogen and oxygen atoms in total. The molecule has 0 aromatic heterocycles. The Morgan fingerprint density at radius 2 is 2.07 bits per heavy atom. The lowest BCUT2D eigenvalue weighted by Gasteiger charge is -2.02. The molecule has 14 heavy (non-hydrogen) atoms. The van der Waals surface area contributed by atoms with Crippen LogP contribution >= 0.6 is 12.6 Å². The maximum absolute atomic E-state index is 10.8. The van der Waals surface area contributed by atoms with Crippen molar-refractivity contribution in [2.24, 2.45) is 0 Å². The van der Waals surface area contributed by atoms with Crippen LogP contribution in [0.5, 0.6) is 0 Å². The van der Waals surface area contributed by atoms with E-state index in [4.69, 9.17) is 5.11 Å². The monoisotopic (exact) mass is 210 g/mol. The summed E-state index contributed by atoms with van der Waals surface area (Å²) in [5.41, 5.74) is 0.938. The Labute approximate surface area is 87.2 Å². The third kappa shape index (κ3) is 2.60. The van der Waals surface area contributed by atoms with Crippen LogP contribution in [0.4, 0.5) is 0 Å². The molecule has 0 heterocycles. The normalized spacial score (nSPS) is 9.86. The Morgan fingerprint density at radius 3 is 2.50 bits per heavy atom. The van der Waals surface area contributed by atoms with Crippen molar-refractivity contribution in [2.45, 2.75) is 18.2 Å². The van der Waals surface area contributed by atoms with Gasteiger partial charge < -0.3 is 5.11 Å². The van der Waals surface area contributed by atoms with Gasteiger partial charge in [0.2, 0.25) is 0 Å². The molecule has 0 radical (unpaired) electrons. The molecule has 0 unspecified atom stereocenters. The Kier molecular flexibility index (Phi) is 3.30. The van der Waals surface area contributed by atoms with Crippen molar-refractivity contribution in [1.29, 1.82) is 0 Å². The summed E-state index contributed by atoms with van der Waals surface area (Å²) >= 11 is 4.04. The quantitative estimate of drug-likeness (QED) is 0.748. The number of carbonyl (C=O) groups excluding carboxylic acids is 1. The van der Waals surface area contributed by atoms with Crippen LogP contribution in [0.25, 0.3) is 0 Å². The third-order valence-electron chi connectivity index (χ3n) is 1.75. The van der Waals surface area contributed by atoms with E-state index in [9.17, 15) is 9.59 Å². The Balaban J connectivity index is 3.00. The van der Waals surface area contributed by atoms with E-state index in [0.717, 1.165) is 5.56 Å². The van der Waals surface area contributed by atoms with Gasteiger partial charge in [-0.15, -0.1) is 12.6 Å². The fraction of sp³-hybridized carbons (Fsp3) is 0.200. The average molecular weight is 210 g/mol. The van der Waals surface area contributed by atoms with Crippen LogP contribution in [-0.2, 0) is 11.2 Å². The van der Waals surface area contributed by atoms with E-state index < -0.39 is 5.97 Å². The summed E-state index contributed by atoms with van der Waals surface area (Å²) in [4.78, 5) is 21.8. The highest BCUT2D eigenvalue weighted by molar-refractivity contribution is 7.80. The molecular weight excluding hydrogens is 200 g/mol. The van der Waals surface area contributed by atoms with Gasteiger partial charge in [0.15, 0.2) is 0 Å². The van der Waals surface area contributed by atoms with Gasteiger partial charge in [-0.25, -0.2) is 4.79 Å². The number of Topliss-reactive ketones (excluding diaryl/α,β-unsaturated/α-hetero) is 1. The number of aromatic carboxylic acids is 1. The van der Waals surface area contributed by atoms with E-state index >= 15 is 0 Å². The molecule has 1 N–H and O–H groups in total. The van der Waals surface area contributed by atoms with Crippen molar-refractivity contribution in [3.63, 3.8) is 0 Å². The van der Waals surface area contributed by atoms with Gasteiger partial charge in [0.1, 0.15) is 5.78 Å². The molecule has 0 saturated carbocycles. The number of carbonyl (C=O) groups is 2. The number of ketones is 1. The minimum Gasteiger partial charge on any atom is -0.478 e. The van der Waals surface area contributed by atoms with Gasteiger partial charge >= 0.3 is 5.97 Å². The van der Waals surface area contributed by atoms with Crippen molar-refractivity contribution in [2.75, 3.05) is 0 Å². The molecule has 0 fully saturated rings. The summed E-state index contributed by atoms with van der Waals surface area (Å²) in [6.07, 6.45) is 0.313. The van der Waals surface area contributed by atoms with E-state index in [0.29, 0.717) is 11.3 Å². The van der Waals surface area contributed by atoms with Crippen molar-refractivity contribution in [3.05, 3.63) is 29.3 Å². The summed E-state index contributed by atoms with van der Waals surface area (Å²) in [6, 6.07) is 4.70. The van der Waals surface area contributed by atoms with Crippen molar-refractivity contribution >= 4 is 24.4 Å². The second kappa shape index (κ2) is 4.28. The molecule has 4 heteroatoms. The van der Waals surface area contributed by atoms with Gasteiger partial charge in [-0.05, 0) is 24.6 Å². The lowest BCUT2D eigenvalue weighted by Crippen LogP contribution is -2.01. The molecule has 1 aromatic rings. The smallest absolute Gasteiger partial charge is 0.336 e.